The lowest BCUT2D eigenvalue weighted by Gasteiger charge is -2.13. The molecule has 1 amide bonds. The van der Waals surface area contributed by atoms with Crippen LogP contribution in [0.25, 0.3) is 10.2 Å². The maximum Gasteiger partial charge on any atom is 0.255 e. The molecule has 0 saturated heterocycles. The van der Waals surface area contributed by atoms with Crippen molar-refractivity contribution in [3.8, 4) is 5.75 Å². The van der Waals surface area contributed by atoms with Crippen molar-refractivity contribution in [3.63, 3.8) is 0 Å². The van der Waals surface area contributed by atoms with E-state index in [4.69, 9.17) is 22.2 Å². The number of carbonyl (C=O) groups excluding carboxylic acids is 1. The number of halogens is 1. The van der Waals surface area contributed by atoms with Crippen LogP contribution in [0.1, 0.15) is 21.5 Å². The number of carbonyl (C=O) groups is 1. The quantitative estimate of drug-likeness (QED) is 0.471. The smallest absolute Gasteiger partial charge is 0.255 e. The molecule has 2 aromatic carbocycles. The number of nitrogens with two attached hydrogens (primary N) is 1. The average molecular weight is 377 g/mol. The van der Waals surface area contributed by atoms with Gasteiger partial charge < -0.3 is 10.1 Å². The summed E-state index contributed by atoms with van der Waals surface area (Å²) in [6.07, 6.45) is 0. The van der Waals surface area contributed by atoms with E-state index in [2.05, 4.69) is 15.7 Å². The van der Waals surface area contributed by atoms with Gasteiger partial charge in [-0.2, -0.15) is 0 Å². The maximum atomic E-state index is 12.6. The fourth-order valence-electron chi connectivity index (χ4n) is 2.63. The molecular formula is C17H17ClN4O2S. The fraction of sp³-hybridized carbons (Fsp3) is 0.176. The summed E-state index contributed by atoms with van der Waals surface area (Å²) < 4.78 is 6.09. The first-order valence-corrected chi connectivity index (χ1v) is 8.66. The number of fused-ring (bicyclic) bond motifs is 1. The van der Waals surface area contributed by atoms with Crippen molar-refractivity contribution < 1.29 is 9.53 Å². The van der Waals surface area contributed by atoms with Gasteiger partial charge in [0.05, 0.1) is 22.3 Å². The number of nitrogens with zero attached hydrogens (tertiary/aromatic N) is 1. The first kappa shape index (κ1) is 17.5. The molecule has 0 aliphatic heterocycles. The summed E-state index contributed by atoms with van der Waals surface area (Å²) in [7, 11) is 1.53. The van der Waals surface area contributed by atoms with Gasteiger partial charge >= 0.3 is 0 Å². The number of nitrogens with one attached hydrogen (secondary N) is 2. The van der Waals surface area contributed by atoms with E-state index in [0.717, 1.165) is 27.0 Å². The summed E-state index contributed by atoms with van der Waals surface area (Å²) in [6, 6.07) is 6.85. The van der Waals surface area contributed by atoms with Gasteiger partial charge in [0, 0.05) is 11.3 Å². The summed E-state index contributed by atoms with van der Waals surface area (Å²) in [5.41, 5.74) is 6.49. The number of aryl methyl sites for hydroxylation is 2. The van der Waals surface area contributed by atoms with E-state index in [9.17, 15) is 4.79 Å². The Balaban J connectivity index is 1.96. The van der Waals surface area contributed by atoms with E-state index < -0.39 is 0 Å². The van der Waals surface area contributed by atoms with Crippen molar-refractivity contribution in [2.24, 2.45) is 5.84 Å². The molecular weight excluding hydrogens is 360 g/mol. The fourth-order valence-corrected chi connectivity index (χ4v) is 3.75. The van der Waals surface area contributed by atoms with Crippen LogP contribution < -0.4 is 21.3 Å². The summed E-state index contributed by atoms with van der Waals surface area (Å²) in [5, 5.41) is 3.98. The molecule has 0 spiro atoms. The first-order valence-electron chi connectivity index (χ1n) is 7.46. The summed E-state index contributed by atoms with van der Waals surface area (Å²) in [5.74, 6) is 5.73. The molecule has 0 atom stereocenters. The van der Waals surface area contributed by atoms with E-state index in [1.165, 1.54) is 18.4 Å². The predicted octanol–water partition coefficient (Wildman–Crippen LogP) is 4.11. The number of nitrogen functional groups attached to an aromatic ring is 1. The number of benzene rings is 2. The number of ether oxygens (including phenoxy) is 1. The second-order valence-electron chi connectivity index (χ2n) is 5.51. The van der Waals surface area contributed by atoms with Crippen LogP contribution in [0.3, 0.4) is 0 Å². The lowest BCUT2D eigenvalue weighted by Crippen LogP contribution is -2.14. The minimum atomic E-state index is -0.239. The highest BCUT2D eigenvalue weighted by Gasteiger charge is 2.16. The van der Waals surface area contributed by atoms with Crippen LogP contribution in [0.2, 0.25) is 5.02 Å². The first-order chi connectivity index (χ1) is 11.9. The van der Waals surface area contributed by atoms with Crippen molar-refractivity contribution in [2.45, 2.75) is 13.8 Å². The molecule has 3 aromatic rings. The summed E-state index contributed by atoms with van der Waals surface area (Å²) in [6.45, 7) is 3.88. The van der Waals surface area contributed by atoms with Crippen LogP contribution in [-0.2, 0) is 0 Å². The number of methoxy groups -OCH3 is 1. The number of hydrazine groups is 1. The van der Waals surface area contributed by atoms with Crippen LogP contribution in [0, 0.1) is 13.8 Å². The van der Waals surface area contributed by atoms with Gasteiger partial charge in [0.1, 0.15) is 5.75 Å². The molecule has 8 heteroatoms. The Morgan fingerprint density at radius 1 is 1.32 bits per heavy atom. The second-order valence-corrected chi connectivity index (χ2v) is 6.91. The highest BCUT2D eigenvalue weighted by molar-refractivity contribution is 7.22. The van der Waals surface area contributed by atoms with Crippen molar-refractivity contribution in [3.05, 3.63) is 46.0 Å². The van der Waals surface area contributed by atoms with Gasteiger partial charge in [-0.15, -0.1) is 0 Å². The Morgan fingerprint density at radius 3 is 2.72 bits per heavy atom. The number of anilines is 2. The molecule has 3 rings (SSSR count). The minimum Gasteiger partial charge on any atom is -0.495 e. The third kappa shape index (κ3) is 3.26. The normalized spacial score (nSPS) is 10.8. The highest BCUT2D eigenvalue weighted by Crippen LogP contribution is 2.35. The number of rotatable bonds is 4. The van der Waals surface area contributed by atoms with Crippen molar-refractivity contribution >= 4 is 49.9 Å². The molecule has 25 heavy (non-hydrogen) atoms. The lowest BCUT2D eigenvalue weighted by atomic mass is 10.1. The molecule has 1 heterocycles. The van der Waals surface area contributed by atoms with Gasteiger partial charge in [-0.05, 0) is 49.2 Å². The standard InChI is InChI=1S/C17H17ClN4O2S/c1-8-6-12-15(25-17(20-12)22-19)9(2)14(8)21-16(23)10-4-5-13(24-3)11(18)7-10/h4-7H,19H2,1-3H3,(H,20,22)(H,21,23). The molecule has 0 aliphatic rings. The van der Waals surface area contributed by atoms with Crippen molar-refractivity contribution in [1.29, 1.82) is 0 Å². The number of hydrogen-bond donors (Lipinski definition) is 3. The van der Waals surface area contributed by atoms with E-state index in [0.29, 0.717) is 21.5 Å². The van der Waals surface area contributed by atoms with Gasteiger partial charge in [-0.3, -0.25) is 10.2 Å². The Bertz CT molecular complexity index is 971. The predicted molar refractivity (Wildman–Crippen MR) is 103 cm³/mol. The topological polar surface area (TPSA) is 89.3 Å². The van der Waals surface area contributed by atoms with E-state index in [1.54, 1.807) is 18.2 Å². The van der Waals surface area contributed by atoms with E-state index >= 15 is 0 Å². The molecule has 0 aliphatic carbocycles. The number of amides is 1. The molecule has 4 N–H and O–H groups in total. The van der Waals surface area contributed by atoms with Crippen LogP contribution in [-0.4, -0.2) is 18.0 Å². The Morgan fingerprint density at radius 2 is 2.08 bits per heavy atom. The second kappa shape index (κ2) is 6.87. The van der Waals surface area contributed by atoms with Gasteiger partial charge in [-0.25, -0.2) is 10.8 Å². The maximum absolute atomic E-state index is 12.6. The Kier molecular flexibility index (Phi) is 4.80. The minimum absolute atomic E-state index is 0.239. The van der Waals surface area contributed by atoms with Gasteiger partial charge in [0.15, 0.2) is 5.13 Å². The number of aromatic nitrogens is 1. The molecule has 0 fully saturated rings. The zero-order chi connectivity index (χ0) is 18.1. The average Bonchev–Trinajstić information content (AvgIpc) is 3.01. The molecule has 1 aromatic heterocycles. The third-order valence-corrected chi connectivity index (χ3v) is 5.31. The molecule has 0 radical (unpaired) electrons. The highest BCUT2D eigenvalue weighted by atomic mass is 35.5. The Labute approximate surface area is 153 Å². The molecule has 130 valence electrons. The monoisotopic (exact) mass is 376 g/mol. The SMILES string of the molecule is COc1ccc(C(=O)Nc2c(C)cc3nc(NN)sc3c2C)cc1Cl. The van der Waals surface area contributed by atoms with Gasteiger partial charge in [0.25, 0.3) is 5.91 Å². The van der Waals surface area contributed by atoms with Crippen LogP contribution >= 0.6 is 22.9 Å². The van der Waals surface area contributed by atoms with Crippen LogP contribution in [0.4, 0.5) is 10.8 Å². The third-order valence-electron chi connectivity index (χ3n) is 3.89. The number of hydrogen-bond acceptors (Lipinski definition) is 6. The van der Waals surface area contributed by atoms with Crippen LogP contribution in [0.15, 0.2) is 24.3 Å². The lowest BCUT2D eigenvalue weighted by molar-refractivity contribution is 0.102. The summed E-state index contributed by atoms with van der Waals surface area (Å²) in [4.78, 5) is 17.0. The van der Waals surface area contributed by atoms with Gasteiger partial charge in [-0.1, -0.05) is 22.9 Å². The largest absolute Gasteiger partial charge is 0.495 e. The Hall–Kier alpha value is -2.35. The van der Waals surface area contributed by atoms with Crippen LogP contribution in [0.5, 0.6) is 5.75 Å². The molecule has 0 unspecified atom stereocenters. The molecule has 0 saturated carbocycles. The van der Waals surface area contributed by atoms with E-state index in [1.807, 2.05) is 19.9 Å². The summed E-state index contributed by atoms with van der Waals surface area (Å²) >= 11 is 7.55. The van der Waals surface area contributed by atoms with Crippen molar-refractivity contribution in [2.75, 3.05) is 17.9 Å². The zero-order valence-electron chi connectivity index (χ0n) is 13.9. The van der Waals surface area contributed by atoms with Gasteiger partial charge in [0.2, 0.25) is 0 Å². The van der Waals surface area contributed by atoms with E-state index in [-0.39, 0.29) is 5.91 Å². The number of thiazole rings is 1. The molecule has 0 bridgehead atoms. The molecule has 6 nitrogen and oxygen atoms in total. The zero-order valence-corrected chi connectivity index (χ0v) is 15.5. The van der Waals surface area contributed by atoms with Crippen molar-refractivity contribution in [1.82, 2.24) is 4.98 Å².